The highest BCUT2D eigenvalue weighted by molar-refractivity contribution is 6.18. The van der Waals surface area contributed by atoms with Gasteiger partial charge in [0, 0.05) is 54.2 Å². The van der Waals surface area contributed by atoms with E-state index < -0.39 is 0 Å². The van der Waals surface area contributed by atoms with Crippen molar-refractivity contribution in [3.05, 3.63) is 194 Å². The third kappa shape index (κ3) is 4.40. The second-order valence-electron chi connectivity index (χ2n) is 15.3. The molecule has 0 aliphatic heterocycles. The highest BCUT2D eigenvalue weighted by Crippen LogP contribution is 2.45. The molecule has 0 aliphatic rings. The summed E-state index contributed by atoms with van der Waals surface area (Å²) in [5, 5.41) is 9.06. The number of hydrogen-bond acceptors (Lipinski definition) is 2. The average molecular weight is 741 g/mol. The molecule has 4 nitrogen and oxygen atoms in total. The van der Waals surface area contributed by atoms with E-state index in [9.17, 15) is 0 Å². The van der Waals surface area contributed by atoms with E-state index in [1.807, 2.05) is 0 Å². The van der Waals surface area contributed by atoms with E-state index in [0.717, 1.165) is 77.5 Å². The molecule has 9 aromatic carbocycles. The minimum atomic E-state index is 0.828. The number of nitrogens with zero attached hydrogens (tertiary/aromatic N) is 2. The maximum atomic E-state index is 6.84. The molecule has 270 valence electrons. The van der Waals surface area contributed by atoms with E-state index in [0.29, 0.717) is 0 Å². The fourth-order valence-corrected chi connectivity index (χ4v) is 9.55. The Balaban J connectivity index is 1.10. The summed E-state index contributed by atoms with van der Waals surface area (Å²) in [6.45, 7) is 0. The van der Waals surface area contributed by atoms with Gasteiger partial charge in [-0.1, -0.05) is 133 Å². The fraction of sp³-hybridized carbons (Fsp3) is 0. The zero-order chi connectivity index (χ0) is 37.9. The van der Waals surface area contributed by atoms with Crippen LogP contribution in [0.3, 0.4) is 0 Å². The molecule has 0 saturated carbocycles. The topological polar surface area (TPSA) is 36.1 Å². The Morgan fingerprint density at radius 1 is 0.259 bits per heavy atom. The Kier molecular flexibility index (Phi) is 6.41. The molecular weight excluding hydrogens is 709 g/mol. The Bertz CT molecular complexity index is 3430. The van der Waals surface area contributed by atoms with E-state index in [-0.39, 0.29) is 0 Å². The number of benzene rings is 9. The van der Waals surface area contributed by atoms with Crippen LogP contribution in [0.25, 0.3) is 121 Å². The van der Waals surface area contributed by atoms with Crippen LogP contribution in [-0.2, 0) is 0 Å². The van der Waals surface area contributed by atoms with Crippen LogP contribution < -0.4 is 0 Å². The van der Waals surface area contributed by atoms with E-state index >= 15 is 0 Å². The molecular formula is C54H32N2O2. The number of rotatable bonds is 4. The van der Waals surface area contributed by atoms with Crippen molar-refractivity contribution in [2.24, 2.45) is 0 Å². The van der Waals surface area contributed by atoms with Gasteiger partial charge in [0.1, 0.15) is 22.3 Å². The van der Waals surface area contributed by atoms with Gasteiger partial charge < -0.3 is 18.0 Å². The molecule has 0 atom stereocenters. The van der Waals surface area contributed by atoms with Crippen LogP contribution in [0.5, 0.6) is 0 Å². The van der Waals surface area contributed by atoms with Crippen LogP contribution in [0.1, 0.15) is 0 Å². The largest absolute Gasteiger partial charge is 0.456 e. The van der Waals surface area contributed by atoms with E-state index in [4.69, 9.17) is 8.83 Å². The first-order valence-corrected chi connectivity index (χ1v) is 19.8. The van der Waals surface area contributed by atoms with Gasteiger partial charge in [-0.05, 0) is 71.8 Å². The maximum Gasteiger partial charge on any atom is 0.136 e. The quantitative estimate of drug-likeness (QED) is 0.180. The minimum absolute atomic E-state index is 0.828. The summed E-state index contributed by atoms with van der Waals surface area (Å²) in [5.41, 5.74) is 14.7. The fourth-order valence-electron chi connectivity index (χ4n) is 9.55. The number of fused-ring (bicyclic) bond motifs is 12. The van der Waals surface area contributed by atoms with Crippen LogP contribution in [0, 0.1) is 0 Å². The first kappa shape index (κ1) is 31.4. The monoisotopic (exact) mass is 740 g/mol. The van der Waals surface area contributed by atoms with Crippen LogP contribution in [0.15, 0.2) is 203 Å². The van der Waals surface area contributed by atoms with Gasteiger partial charge in [0.15, 0.2) is 0 Å². The Morgan fingerprint density at radius 3 is 0.914 bits per heavy atom. The van der Waals surface area contributed by atoms with Crippen LogP contribution in [0.4, 0.5) is 0 Å². The maximum absolute atomic E-state index is 6.84. The van der Waals surface area contributed by atoms with Gasteiger partial charge in [-0.3, -0.25) is 0 Å². The molecule has 4 aromatic heterocycles. The molecule has 0 unspecified atom stereocenters. The highest BCUT2D eigenvalue weighted by Gasteiger charge is 2.22. The SMILES string of the molecule is c1ccc(-c2cc3oc4cc5c(cc4c3cc2-n2c3ccccc3c3ccccc32)oc2cc(-c3ccccc3)c(-n3c4ccccc4c4ccccc43)cc25)cc1. The predicted octanol–water partition coefficient (Wildman–Crippen LogP) is 15.0. The average Bonchev–Trinajstić information content (AvgIpc) is 4.02. The normalized spacial score (nSPS) is 12.1. The van der Waals surface area contributed by atoms with Crippen molar-refractivity contribution in [1.29, 1.82) is 0 Å². The predicted molar refractivity (Wildman–Crippen MR) is 241 cm³/mol. The van der Waals surface area contributed by atoms with Crippen LogP contribution in [0.2, 0.25) is 0 Å². The first-order valence-electron chi connectivity index (χ1n) is 19.8. The zero-order valence-corrected chi connectivity index (χ0v) is 31.2. The number of furan rings is 2. The molecule has 0 amide bonds. The van der Waals surface area contributed by atoms with Crippen molar-refractivity contribution in [3.8, 4) is 33.6 Å². The van der Waals surface area contributed by atoms with Crippen molar-refractivity contribution in [1.82, 2.24) is 9.13 Å². The number of hydrogen-bond donors (Lipinski definition) is 0. The second kappa shape index (κ2) is 11.8. The molecule has 13 rings (SSSR count). The van der Waals surface area contributed by atoms with Gasteiger partial charge in [-0.15, -0.1) is 0 Å². The van der Waals surface area contributed by atoms with Crippen LogP contribution >= 0.6 is 0 Å². The summed E-state index contributed by atoms with van der Waals surface area (Å²) >= 11 is 0. The molecule has 0 fully saturated rings. The lowest BCUT2D eigenvalue weighted by Crippen LogP contribution is -1.97. The number of aromatic nitrogens is 2. The summed E-state index contributed by atoms with van der Waals surface area (Å²) in [7, 11) is 0. The summed E-state index contributed by atoms with van der Waals surface area (Å²) in [6.07, 6.45) is 0. The van der Waals surface area contributed by atoms with Crippen molar-refractivity contribution in [2.45, 2.75) is 0 Å². The van der Waals surface area contributed by atoms with E-state index in [1.165, 1.54) is 43.6 Å². The van der Waals surface area contributed by atoms with E-state index in [1.54, 1.807) is 0 Å². The van der Waals surface area contributed by atoms with Gasteiger partial charge in [0.25, 0.3) is 0 Å². The molecule has 0 spiro atoms. The van der Waals surface area contributed by atoms with E-state index in [2.05, 4.69) is 203 Å². The molecule has 4 heteroatoms. The van der Waals surface area contributed by atoms with Gasteiger partial charge in [0.05, 0.1) is 33.4 Å². The standard InChI is InChI=1S/C54H32N2O2/c1-3-15-33(16-4-1)39-29-51-41(27-49(39)55-45-23-11-7-19-35(45)36-20-8-12-24-46(36)55)43-31-54-44(32-53(43)57-51)42-28-50(40(30-52(42)58-54)34-17-5-2-6-18-34)56-47-25-13-9-21-37(47)38-22-10-14-26-48(38)56/h1-32H. The molecule has 0 aliphatic carbocycles. The smallest absolute Gasteiger partial charge is 0.136 e. The van der Waals surface area contributed by atoms with Crippen molar-refractivity contribution in [2.75, 3.05) is 0 Å². The molecule has 0 saturated heterocycles. The molecule has 0 bridgehead atoms. The Morgan fingerprint density at radius 2 is 0.552 bits per heavy atom. The Labute approximate surface area is 332 Å². The molecule has 4 heterocycles. The van der Waals surface area contributed by atoms with Crippen molar-refractivity contribution >= 4 is 87.5 Å². The summed E-state index contributed by atoms with van der Waals surface area (Å²) in [4.78, 5) is 0. The number of para-hydroxylation sites is 4. The summed E-state index contributed by atoms with van der Waals surface area (Å²) in [6, 6.07) is 69.4. The highest BCUT2D eigenvalue weighted by atomic mass is 16.3. The summed E-state index contributed by atoms with van der Waals surface area (Å²) < 4.78 is 18.5. The van der Waals surface area contributed by atoms with Crippen molar-refractivity contribution in [3.63, 3.8) is 0 Å². The molecule has 0 N–H and O–H groups in total. The minimum Gasteiger partial charge on any atom is -0.456 e. The Hall–Kier alpha value is -7.82. The van der Waals surface area contributed by atoms with Gasteiger partial charge in [0.2, 0.25) is 0 Å². The third-order valence-corrected chi connectivity index (χ3v) is 12.1. The van der Waals surface area contributed by atoms with Crippen LogP contribution in [-0.4, -0.2) is 9.13 Å². The lowest BCUT2D eigenvalue weighted by atomic mass is 9.99. The second-order valence-corrected chi connectivity index (χ2v) is 15.3. The third-order valence-electron chi connectivity index (χ3n) is 12.1. The lowest BCUT2D eigenvalue weighted by Gasteiger charge is -2.14. The molecule has 13 aromatic rings. The molecule has 0 radical (unpaired) electrons. The van der Waals surface area contributed by atoms with Gasteiger partial charge >= 0.3 is 0 Å². The summed E-state index contributed by atoms with van der Waals surface area (Å²) in [5.74, 6) is 0. The first-order chi connectivity index (χ1) is 28.8. The van der Waals surface area contributed by atoms with Crippen molar-refractivity contribution < 1.29 is 8.83 Å². The van der Waals surface area contributed by atoms with Gasteiger partial charge in [-0.2, -0.15) is 0 Å². The lowest BCUT2D eigenvalue weighted by molar-refractivity contribution is 0.664. The zero-order valence-electron chi connectivity index (χ0n) is 31.2. The van der Waals surface area contributed by atoms with Gasteiger partial charge in [-0.25, -0.2) is 0 Å². The molecule has 58 heavy (non-hydrogen) atoms.